The van der Waals surface area contributed by atoms with E-state index < -0.39 is 5.97 Å². The molecule has 6 heteroatoms. The van der Waals surface area contributed by atoms with Crippen LogP contribution in [0.3, 0.4) is 0 Å². The average Bonchev–Trinajstić information content (AvgIpc) is 2.58. The molecule has 0 bridgehead atoms. The Morgan fingerprint density at radius 2 is 2.06 bits per heavy atom. The molecule has 2 N–H and O–H groups in total. The van der Waals surface area contributed by atoms with Crippen LogP contribution in [0.5, 0.6) is 0 Å². The van der Waals surface area contributed by atoms with Gasteiger partial charge in [0.25, 0.3) is 0 Å². The molecular formula is C12H19N3O3. The predicted molar refractivity (Wildman–Crippen MR) is 66.4 cm³/mol. The minimum Gasteiger partial charge on any atom is -0.478 e. The molecule has 0 aliphatic carbocycles. The Morgan fingerprint density at radius 1 is 1.44 bits per heavy atom. The zero-order valence-corrected chi connectivity index (χ0v) is 11.1. The van der Waals surface area contributed by atoms with Crippen LogP contribution in [0.4, 0.5) is 0 Å². The Hall–Kier alpha value is -1.85. The highest BCUT2D eigenvalue weighted by Gasteiger charge is 2.15. The van der Waals surface area contributed by atoms with Crippen LogP contribution < -0.4 is 5.32 Å². The second kappa shape index (κ2) is 5.66. The molecule has 1 atom stereocenters. The second-order valence-electron chi connectivity index (χ2n) is 4.73. The van der Waals surface area contributed by atoms with E-state index in [2.05, 4.69) is 10.4 Å². The van der Waals surface area contributed by atoms with Gasteiger partial charge in [0.05, 0.1) is 5.69 Å². The Bertz CT molecular complexity index is 451. The van der Waals surface area contributed by atoms with E-state index in [4.69, 9.17) is 5.11 Å². The van der Waals surface area contributed by atoms with Crippen LogP contribution in [0.15, 0.2) is 6.20 Å². The summed E-state index contributed by atoms with van der Waals surface area (Å²) in [6.07, 6.45) is 1.37. The SMILES string of the molecule is Cc1nn(CC(=O)NC(C)C(C)C)cc1C(=O)O. The van der Waals surface area contributed by atoms with E-state index in [0.29, 0.717) is 11.6 Å². The van der Waals surface area contributed by atoms with Crippen LogP contribution >= 0.6 is 0 Å². The number of rotatable bonds is 5. The third kappa shape index (κ3) is 3.58. The maximum atomic E-state index is 11.7. The van der Waals surface area contributed by atoms with Gasteiger partial charge in [0.1, 0.15) is 12.1 Å². The predicted octanol–water partition coefficient (Wildman–Crippen LogP) is 1.05. The summed E-state index contributed by atoms with van der Waals surface area (Å²) < 4.78 is 1.35. The molecule has 1 heterocycles. The second-order valence-corrected chi connectivity index (χ2v) is 4.73. The van der Waals surface area contributed by atoms with Crippen molar-refractivity contribution in [3.05, 3.63) is 17.5 Å². The van der Waals surface area contributed by atoms with Crippen LogP contribution in [0.2, 0.25) is 0 Å². The van der Waals surface area contributed by atoms with E-state index >= 15 is 0 Å². The summed E-state index contributed by atoms with van der Waals surface area (Å²) in [7, 11) is 0. The van der Waals surface area contributed by atoms with Gasteiger partial charge in [0.2, 0.25) is 5.91 Å². The number of amides is 1. The third-order valence-electron chi connectivity index (χ3n) is 2.87. The van der Waals surface area contributed by atoms with Crippen molar-refractivity contribution in [2.24, 2.45) is 5.92 Å². The molecule has 1 aromatic heterocycles. The van der Waals surface area contributed by atoms with Crippen molar-refractivity contribution < 1.29 is 14.7 Å². The van der Waals surface area contributed by atoms with Crippen molar-refractivity contribution in [1.29, 1.82) is 0 Å². The number of hydrogen-bond acceptors (Lipinski definition) is 3. The van der Waals surface area contributed by atoms with E-state index in [-0.39, 0.29) is 24.1 Å². The van der Waals surface area contributed by atoms with Crippen molar-refractivity contribution in [2.45, 2.75) is 40.3 Å². The highest BCUT2D eigenvalue weighted by atomic mass is 16.4. The number of nitrogens with one attached hydrogen (secondary N) is 1. The number of carboxylic acids is 1. The first-order valence-electron chi connectivity index (χ1n) is 5.88. The van der Waals surface area contributed by atoms with Gasteiger partial charge >= 0.3 is 5.97 Å². The Morgan fingerprint density at radius 3 is 2.50 bits per heavy atom. The zero-order valence-electron chi connectivity index (χ0n) is 11.1. The fourth-order valence-electron chi connectivity index (χ4n) is 1.42. The van der Waals surface area contributed by atoms with Gasteiger partial charge < -0.3 is 10.4 Å². The van der Waals surface area contributed by atoms with Crippen LogP contribution in [0.25, 0.3) is 0 Å². The number of aryl methyl sites for hydroxylation is 1. The maximum Gasteiger partial charge on any atom is 0.339 e. The van der Waals surface area contributed by atoms with Gasteiger partial charge in [-0.3, -0.25) is 9.48 Å². The lowest BCUT2D eigenvalue weighted by Crippen LogP contribution is -2.38. The molecule has 0 radical (unpaired) electrons. The molecule has 1 amide bonds. The van der Waals surface area contributed by atoms with E-state index in [1.54, 1.807) is 6.92 Å². The molecule has 0 aromatic carbocycles. The number of aromatic carboxylic acids is 1. The number of aromatic nitrogens is 2. The molecule has 0 aliphatic heterocycles. The van der Waals surface area contributed by atoms with Crippen LogP contribution in [0.1, 0.15) is 36.8 Å². The summed E-state index contributed by atoms with van der Waals surface area (Å²) in [6.45, 7) is 7.61. The molecule has 1 rings (SSSR count). The molecular weight excluding hydrogens is 234 g/mol. The monoisotopic (exact) mass is 253 g/mol. The number of carboxylic acid groups (broad SMARTS) is 1. The van der Waals surface area contributed by atoms with E-state index in [9.17, 15) is 9.59 Å². The fourth-order valence-corrected chi connectivity index (χ4v) is 1.42. The zero-order chi connectivity index (χ0) is 13.9. The summed E-state index contributed by atoms with van der Waals surface area (Å²) in [5, 5.41) is 15.7. The van der Waals surface area contributed by atoms with Crippen LogP contribution in [0, 0.1) is 12.8 Å². The average molecular weight is 253 g/mol. The minimum absolute atomic E-state index is 0.0329. The largest absolute Gasteiger partial charge is 0.478 e. The molecule has 0 spiro atoms. The normalized spacial score (nSPS) is 12.5. The molecule has 1 aromatic rings. The summed E-state index contributed by atoms with van der Waals surface area (Å²) >= 11 is 0. The molecule has 6 nitrogen and oxygen atoms in total. The van der Waals surface area contributed by atoms with Crippen molar-refractivity contribution in [2.75, 3.05) is 0 Å². The topological polar surface area (TPSA) is 84.2 Å². The smallest absolute Gasteiger partial charge is 0.339 e. The van der Waals surface area contributed by atoms with Gasteiger partial charge in [-0.1, -0.05) is 13.8 Å². The lowest BCUT2D eigenvalue weighted by molar-refractivity contribution is -0.122. The standard InChI is InChI=1S/C12H19N3O3/c1-7(2)8(3)13-11(16)6-15-5-10(12(17)18)9(4)14-15/h5,7-8H,6H2,1-4H3,(H,13,16)(H,17,18). The van der Waals surface area contributed by atoms with Gasteiger partial charge in [-0.2, -0.15) is 5.10 Å². The van der Waals surface area contributed by atoms with Gasteiger partial charge in [0.15, 0.2) is 0 Å². The lowest BCUT2D eigenvalue weighted by Gasteiger charge is -2.17. The maximum absolute atomic E-state index is 11.7. The fraction of sp³-hybridized carbons (Fsp3) is 0.583. The number of hydrogen-bond donors (Lipinski definition) is 2. The van der Waals surface area contributed by atoms with Gasteiger partial charge in [-0.15, -0.1) is 0 Å². The summed E-state index contributed by atoms with van der Waals surface area (Å²) in [5.41, 5.74) is 0.534. The minimum atomic E-state index is -1.03. The van der Waals surface area contributed by atoms with Crippen LogP contribution in [-0.4, -0.2) is 32.8 Å². The quantitative estimate of drug-likeness (QED) is 0.821. The first kappa shape index (κ1) is 14.2. The summed E-state index contributed by atoms with van der Waals surface area (Å²) in [6, 6.07) is 0.0769. The van der Waals surface area contributed by atoms with Crippen molar-refractivity contribution in [3.63, 3.8) is 0 Å². The summed E-state index contributed by atoms with van der Waals surface area (Å²) in [5.74, 6) is -0.853. The number of carbonyl (C=O) groups excluding carboxylic acids is 1. The van der Waals surface area contributed by atoms with Gasteiger partial charge in [-0.25, -0.2) is 4.79 Å². The Labute approximate surface area is 106 Å². The highest BCUT2D eigenvalue weighted by molar-refractivity contribution is 5.88. The van der Waals surface area contributed by atoms with Crippen molar-refractivity contribution in [1.82, 2.24) is 15.1 Å². The Balaban J connectivity index is 2.65. The Kier molecular flexibility index (Phi) is 4.47. The number of nitrogens with zero attached hydrogens (tertiary/aromatic N) is 2. The molecule has 0 saturated carbocycles. The lowest BCUT2D eigenvalue weighted by atomic mass is 10.1. The molecule has 100 valence electrons. The van der Waals surface area contributed by atoms with Gasteiger partial charge in [0, 0.05) is 12.2 Å². The molecule has 1 unspecified atom stereocenters. The molecule has 18 heavy (non-hydrogen) atoms. The first-order valence-corrected chi connectivity index (χ1v) is 5.88. The molecule has 0 fully saturated rings. The molecule has 0 aliphatic rings. The van der Waals surface area contributed by atoms with E-state index in [0.717, 1.165) is 0 Å². The summed E-state index contributed by atoms with van der Waals surface area (Å²) in [4.78, 5) is 22.5. The highest BCUT2D eigenvalue weighted by Crippen LogP contribution is 2.05. The molecule has 0 saturated heterocycles. The van der Waals surface area contributed by atoms with Crippen molar-refractivity contribution in [3.8, 4) is 0 Å². The van der Waals surface area contributed by atoms with Gasteiger partial charge in [-0.05, 0) is 19.8 Å². The van der Waals surface area contributed by atoms with E-state index in [1.807, 2.05) is 20.8 Å². The van der Waals surface area contributed by atoms with Crippen molar-refractivity contribution >= 4 is 11.9 Å². The van der Waals surface area contributed by atoms with Crippen LogP contribution in [-0.2, 0) is 11.3 Å². The first-order chi connectivity index (χ1) is 8.31. The van der Waals surface area contributed by atoms with E-state index in [1.165, 1.54) is 10.9 Å². The number of carbonyl (C=O) groups is 2. The third-order valence-corrected chi connectivity index (χ3v) is 2.87.